The van der Waals surface area contributed by atoms with Gasteiger partial charge in [-0.15, -0.1) is 0 Å². The number of aromatic hydroxyl groups is 2. The number of carbonyl (C=O) groups excluding carboxylic acids is 4. The first-order valence-corrected chi connectivity index (χ1v) is 6.65. The van der Waals surface area contributed by atoms with E-state index in [0.717, 1.165) is 0 Å². The Morgan fingerprint density at radius 3 is 1.33 bits per heavy atom. The second kappa shape index (κ2) is 7.05. The monoisotopic (exact) mass is 328 g/mol. The average molecular weight is 328 g/mol. The van der Waals surface area contributed by atoms with Gasteiger partial charge in [-0.1, -0.05) is 24.3 Å². The molecule has 0 spiro atoms. The van der Waals surface area contributed by atoms with Crippen molar-refractivity contribution in [2.45, 2.75) is 0 Å². The summed E-state index contributed by atoms with van der Waals surface area (Å²) in [6, 6.07) is 10.7. The molecule has 122 valence electrons. The molecule has 8 nitrogen and oxygen atoms in total. The van der Waals surface area contributed by atoms with Crippen molar-refractivity contribution < 1.29 is 29.4 Å². The molecule has 0 radical (unpaired) electrons. The molecular weight excluding hydrogens is 316 g/mol. The standard InChI is InChI=1S/C16H12N2O6/c19-9-17(15(23)11-5-1-3-7-13(11)21)18(10-20)16(24)12-6-2-4-8-14(12)22/h1-10,21-22H. The van der Waals surface area contributed by atoms with Crippen molar-refractivity contribution in [1.29, 1.82) is 0 Å². The number of rotatable bonds is 4. The highest BCUT2D eigenvalue weighted by Crippen LogP contribution is 2.21. The van der Waals surface area contributed by atoms with Crippen LogP contribution >= 0.6 is 0 Å². The third kappa shape index (κ3) is 3.07. The lowest BCUT2D eigenvalue weighted by atomic mass is 10.1. The van der Waals surface area contributed by atoms with Crippen LogP contribution < -0.4 is 0 Å². The molecule has 0 atom stereocenters. The molecule has 8 heteroatoms. The number of amides is 4. The fraction of sp³-hybridized carbons (Fsp3) is 0. The van der Waals surface area contributed by atoms with Crippen molar-refractivity contribution in [2.24, 2.45) is 0 Å². The van der Waals surface area contributed by atoms with E-state index in [1.165, 1.54) is 48.5 Å². The van der Waals surface area contributed by atoms with Crippen molar-refractivity contribution in [2.75, 3.05) is 0 Å². The molecule has 0 aliphatic carbocycles. The summed E-state index contributed by atoms with van der Waals surface area (Å²) in [4.78, 5) is 47.2. The Balaban J connectivity index is 2.40. The van der Waals surface area contributed by atoms with Crippen LogP contribution in [0.1, 0.15) is 20.7 Å². The quantitative estimate of drug-likeness (QED) is 0.637. The summed E-state index contributed by atoms with van der Waals surface area (Å²) >= 11 is 0. The van der Waals surface area contributed by atoms with Gasteiger partial charge in [0.15, 0.2) is 0 Å². The Bertz CT molecular complexity index is 737. The topological polar surface area (TPSA) is 115 Å². The minimum atomic E-state index is -1.08. The molecule has 2 aromatic rings. The number of para-hydroxylation sites is 2. The van der Waals surface area contributed by atoms with Gasteiger partial charge in [-0.3, -0.25) is 19.2 Å². The minimum absolute atomic E-state index is 0.0406. The smallest absolute Gasteiger partial charge is 0.283 e. The number of hydrogen-bond acceptors (Lipinski definition) is 6. The molecule has 2 aromatic carbocycles. The average Bonchev–Trinajstić information content (AvgIpc) is 2.59. The van der Waals surface area contributed by atoms with E-state index in [1.54, 1.807) is 0 Å². The normalized spacial score (nSPS) is 9.83. The summed E-state index contributed by atoms with van der Waals surface area (Å²) in [5.41, 5.74) is -0.553. The zero-order chi connectivity index (χ0) is 17.7. The van der Waals surface area contributed by atoms with Crippen LogP contribution in [0.2, 0.25) is 0 Å². The first-order chi connectivity index (χ1) is 11.5. The lowest BCUT2D eigenvalue weighted by molar-refractivity contribution is -0.136. The van der Waals surface area contributed by atoms with Crippen LogP contribution in [0.25, 0.3) is 0 Å². The minimum Gasteiger partial charge on any atom is -0.507 e. The molecule has 4 amide bonds. The highest BCUT2D eigenvalue weighted by atomic mass is 16.3. The zero-order valence-corrected chi connectivity index (χ0v) is 12.2. The molecule has 0 aliphatic rings. The van der Waals surface area contributed by atoms with Crippen molar-refractivity contribution in [3.8, 4) is 11.5 Å². The van der Waals surface area contributed by atoms with Gasteiger partial charge in [0.1, 0.15) is 11.5 Å². The van der Waals surface area contributed by atoms with Crippen LogP contribution in [0.3, 0.4) is 0 Å². The first-order valence-electron chi connectivity index (χ1n) is 6.65. The van der Waals surface area contributed by atoms with Crippen molar-refractivity contribution >= 4 is 24.6 Å². The van der Waals surface area contributed by atoms with Crippen LogP contribution in [0.5, 0.6) is 11.5 Å². The van der Waals surface area contributed by atoms with E-state index in [9.17, 15) is 29.4 Å². The molecule has 2 rings (SSSR count). The van der Waals surface area contributed by atoms with Gasteiger partial charge in [0.05, 0.1) is 11.1 Å². The molecule has 0 aliphatic heterocycles. The zero-order valence-electron chi connectivity index (χ0n) is 12.2. The summed E-state index contributed by atoms with van der Waals surface area (Å²) < 4.78 is 0. The second-order valence-corrected chi connectivity index (χ2v) is 4.54. The molecule has 0 heterocycles. The van der Waals surface area contributed by atoms with Gasteiger partial charge in [0.25, 0.3) is 11.8 Å². The maximum absolute atomic E-state index is 12.3. The molecule has 0 fully saturated rings. The van der Waals surface area contributed by atoms with E-state index in [-0.39, 0.29) is 34.0 Å². The Morgan fingerprint density at radius 1 is 0.708 bits per heavy atom. The van der Waals surface area contributed by atoms with Gasteiger partial charge < -0.3 is 10.2 Å². The number of carbonyl (C=O) groups is 4. The first kappa shape index (κ1) is 16.7. The Labute approximate surface area is 136 Å². The molecule has 24 heavy (non-hydrogen) atoms. The number of imide groups is 2. The van der Waals surface area contributed by atoms with Gasteiger partial charge in [-0.05, 0) is 24.3 Å². The molecule has 0 bridgehead atoms. The summed E-state index contributed by atoms with van der Waals surface area (Å²) in [5.74, 6) is -3.01. The van der Waals surface area contributed by atoms with E-state index >= 15 is 0 Å². The molecule has 0 aromatic heterocycles. The Morgan fingerprint density at radius 2 is 1.04 bits per heavy atom. The summed E-state index contributed by atoms with van der Waals surface area (Å²) in [6.45, 7) is 0. The Kier molecular flexibility index (Phi) is 4.90. The maximum Gasteiger partial charge on any atom is 0.283 e. The fourth-order valence-electron chi connectivity index (χ4n) is 1.95. The number of hydrazine groups is 1. The third-order valence-electron chi connectivity index (χ3n) is 3.12. The van der Waals surface area contributed by atoms with Crippen LogP contribution in [0, 0.1) is 0 Å². The summed E-state index contributed by atoms with van der Waals surface area (Å²) in [7, 11) is 0. The number of nitrogens with zero attached hydrogens (tertiary/aromatic N) is 2. The van der Waals surface area contributed by atoms with Crippen LogP contribution in [-0.2, 0) is 9.59 Å². The highest BCUT2D eigenvalue weighted by Gasteiger charge is 2.30. The summed E-state index contributed by atoms with van der Waals surface area (Å²) in [6.07, 6.45) is -0.0812. The predicted octanol–water partition coefficient (Wildman–Crippen LogP) is 0.910. The van der Waals surface area contributed by atoms with E-state index in [4.69, 9.17) is 0 Å². The van der Waals surface area contributed by atoms with E-state index in [2.05, 4.69) is 0 Å². The molecule has 0 unspecified atom stereocenters. The number of hydrogen-bond donors (Lipinski definition) is 2. The fourth-order valence-corrected chi connectivity index (χ4v) is 1.95. The maximum atomic E-state index is 12.3. The van der Waals surface area contributed by atoms with Crippen LogP contribution in [0.15, 0.2) is 48.5 Å². The molecule has 0 saturated heterocycles. The lowest BCUT2D eigenvalue weighted by Crippen LogP contribution is -2.48. The SMILES string of the molecule is O=CN(C(=O)c1ccccc1O)N(C=O)C(=O)c1ccccc1O. The van der Waals surface area contributed by atoms with Crippen molar-refractivity contribution in [1.82, 2.24) is 10.0 Å². The predicted molar refractivity (Wildman–Crippen MR) is 80.7 cm³/mol. The highest BCUT2D eigenvalue weighted by molar-refractivity contribution is 6.08. The Hall–Kier alpha value is -3.68. The molecule has 0 saturated carbocycles. The number of phenols is 2. The molecule has 2 N–H and O–H groups in total. The number of phenolic OH excluding ortho intramolecular Hbond substituents is 2. The lowest BCUT2D eigenvalue weighted by Gasteiger charge is -2.25. The van der Waals surface area contributed by atoms with Gasteiger partial charge >= 0.3 is 0 Å². The van der Waals surface area contributed by atoms with Crippen LogP contribution in [0.4, 0.5) is 0 Å². The van der Waals surface area contributed by atoms with Crippen molar-refractivity contribution in [3.05, 3.63) is 59.7 Å². The van der Waals surface area contributed by atoms with Crippen molar-refractivity contribution in [3.63, 3.8) is 0 Å². The molecular formula is C16H12N2O6. The largest absolute Gasteiger partial charge is 0.507 e. The van der Waals surface area contributed by atoms with Gasteiger partial charge in [0, 0.05) is 0 Å². The van der Waals surface area contributed by atoms with Gasteiger partial charge in [0.2, 0.25) is 12.8 Å². The number of benzene rings is 2. The van der Waals surface area contributed by atoms with E-state index in [0.29, 0.717) is 0 Å². The van der Waals surface area contributed by atoms with E-state index in [1.807, 2.05) is 0 Å². The third-order valence-corrected chi connectivity index (χ3v) is 3.12. The van der Waals surface area contributed by atoms with Crippen LogP contribution in [-0.4, -0.2) is 44.9 Å². The van der Waals surface area contributed by atoms with Gasteiger partial charge in [-0.25, -0.2) is 0 Å². The summed E-state index contributed by atoms with van der Waals surface area (Å²) in [5, 5.41) is 19.8. The second-order valence-electron chi connectivity index (χ2n) is 4.54. The van der Waals surface area contributed by atoms with Gasteiger partial charge in [-0.2, -0.15) is 10.0 Å². The van der Waals surface area contributed by atoms with E-state index < -0.39 is 23.3 Å².